The van der Waals surface area contributed by atoms with Crippen molar-refractivity contribution in [2.24, 2.45) is 5.41 Å². The lowest BCUT2D eigenvalue weighted by molar-refractivity contribution is -0.160. The van der Waals surface area contributed by atoms with Crippen LogP contribution in [0.15, 0.2) is 0 Å². The molecule has 0 atom stereocenters. The van der Waals surface area contributed by atoms with E-state index in [-0.39, 0.29) is 17.5 Å². The average Bonchev–Trinajstić information content (AvgIpc) is 2.64. The highest BCUT2D eigenvalue weighted by atomic mass is 32.2. The third-order valence-corrected chi connectivity index (χ3v) is 10.5. The van der Waals surface area contributed by atoms with Crippen LogP contribution < -0.4 is 0 Å². The van der Waals surface area contributed by atoms with Crippen LogP contribution in [0.5, 0.6) is 0 Å². The van der Waals surface area contributed by atoms with Gasteiger partial charge in [0.2, 0.25) is 0 Å². The van der Waals surface area contributed by atoms with E-state index in [1.54, 1.807) is 0 Å². The lowest BCUT2D eigenvalue weighted by Crippen LogP contribution is -2.45. The second kappa shape index (κ2) is 9.34. The van der Waals surface area contributed by atoms with Gasteiger partial charge in [-0.2, -0.15) is 0 Å². The average molecular weight is 382 g/mol. The maximum Gasteiger partial charge on any atom is 0.311 e. The molecule has 0 aromatic heterocycles. The molecule has 0 spiro atoms. The molecule has 0 bridgehead atoms. The molecule has 0 unspecified atom stereocenters. The van der Waals surface area contributed by atoms with Crippen LogP contribution in [0.1, 0.15) is 111 Å². The largest absolute Gasteiger partial charge is 0.462 e. The first-order valence-electron chi connectivity index (χ1n) is 11.4. The second-order valence-electron chi connectivity index (χ2n) is 9.98. The van der Waals surface area contributed by atoms with Gasteiger partial charge in [0.25, 0.3) is 0 Å². The number of esters is 1. The molecule has 3 aliphatic rings. The standard InChI is InChI=1S/C23H41O2S/c1-23(2,3)22(24)25-18-14-16-21(17-15-18)26(19-10-6-4-7-11-19)20-12-8-5-9-13-20/h18-21H,4-17H2,1-3H3/q+1. The van der Waals surface area contributed by atoms with Crippen molar-refractivity contribution in [3.63, 3.8) is 0 Å². The van der Waals surface area contributed by atoms with Crippen LogP contribution in [0.2, 0.25) is 0 Å². The Bertz CT molecular complexity index is 418. The minimum Gasteiger partial charge on any atom is -0.462 e. The van der Waals surface area contributed by atoms with E-state index in [0.29, 0.717) is 10.9 Å². The number of rotatable bonds is 4. The fourth-order valence-corrected chi connectivity index (χ4v) is 9.45. The van der Waals surface area contributed by atoms with E-state index in [1.165, 1.54) is 77.0 Å². The fourth-order valence-electron chi connectivity index (χ4n) is 5.24. The van der Waals surface area contributed by atoms with Crippen LogP contribution in [-0.2, 0) is 20.4 Å². The zero-order valence-electron chi connectivity index (χ0n) is 17.4. The van der Waals surface area contributed by atoms with Gasteiger partial charge < -0.3 is 4.74 Å². The van der Waals surface area contributed by atoms with E-state index in [2.05, 4.69) is 0 Å². The number of ether oxygens (including phenoxy) is 1. The van der Waals surface area contributed by atoms with Crippen molar-refractivity contribution in [2.75, 3.05) is 0 Å². The van der Waals surface area contributed by atoms with Gasteiger partial charge in [-0.1, -0.05) is 12.8 Å². The SMILES string of the molecule is CC(C)(C)C(=O)OC1CCC([S+](C2CCCCC2)C2CCCCC2)CC1. The van der Waals surface area contributed by atoms with Crippen molar-refractivity contribution < 1.29 is 9.53 Å². The topological polar surface area (TPSA) is 26.3 Å². The van der Waals surface area contributed by atoms with Gasteiger partial charge in [0.05, 0.1) is 5.41 Å². The summed E-state index contributed by atoms with van der Waals surface area (Å²) in [5.41, 5.74) is -0.370. The van der Waals surface area contributed by atoms with Gasteiger partial charge in [-0.05, 0) is 109 Å². The van der Waals surface area contributed by atoms with Crippen molar-refractivity contribution in [3.8, 4) is 0 Å². The molecular formula is C23H41O2S+. The van der Waals surface area contributed by atoms with Gasteiger partial charge in [-0.25, -0.2) is 0 Å². The maximum absolute atomic E-state index is 12.2. The van der Waals surface area contributed by atoms with E-state index in [1.807, 2.05) is 20.8 Å². The fraction of sp³-hybridized carbons (Fsp3) is 0.957. The lowest BCUT2D eigenvalue weighted by Gasteiger charge is -2.37. The minimum absolute atomic E-state index is 0.0143. The molecule has 0 heterocycles. The van der Waals surface area contributed by atoms with Gasteiger partial charge in [-0.3, -0.25) is 4.79 Å². The zero-order chi connectivity index (χ0) is 18.6. The molecule has 3 saturated carbocycles. The first-order chi connectivity index (χ1) is 12.4. The summed E-state index contributed by atoms with van der Waals surface area (Å²) in [5.74, 6) is -0.0143. The monoisotopic (exact) mass is 381 g/mol. The molecule has 0 amide bonds. The Morgan fingerprint density at radius 2 is 1.12 bits per heavy atom. The Morgan fingerprint density at radius 3 is 1.54 bits per heavy atom. The lowest BCUT2D eigenvalue weighted by atomic mass is 9.94. The van der Waals surface area contributed by atoms with Crippen molar-refractivity contribution in [1.82, 2.24) is 0 Å². The molecule has 0 N–H and O–H groups in total. The van der Waals surface area contributed by atoms with Gasteiger partial charge in [0, 0.05) is 0 Å². The maximum atomic E-state index is 12.2. The normalized spacial score (nSPS) is 29.7. The van der Waals surface area contributed by atoms with E-state index in [4.69, 9.17) is 4.74 Å². The predicted octanol–water partition coefficient (Wildman–Crippen LogP) is 6.17. The van der Waals surface area contributed by atoms with Crippen molar-refractivity contribution in [2.45, 2.75) is 133 Å². The summed E-state index contributed by atoms with van der Waals surface area (Å²) in [6.07, 6.45) is 19.8. The zero-order valence-corrected chi connectivity index (χ0v) is 18.3. The molecular weight excluding hydrogens is 340 g/mol. The van der Waals surface area contributed by atoms with Gasteiger partial charge in [0.15, 0.2) is 0 Å². The Kier molecular flexibility index (Phi) is 7.39. The minimum atomic E-state index is -0.370. The van der Waals surface area contributed by atoms with Crippen LogP contribution in [0, 0.1) is 5.41 Å². The van der Waals surface area contributed by atoms with Crippen LogP contribution in [0.4, 0.5) is 0 Å². The van der Waals surface area contributed by atoms with Gasteiger partial charge >= 0.3 is 5.97 Å². The molecule has 0 aliphatic heterocycles. The summed E-state index contributed by atoms with van der Waals surface area (Å²) in [6, 6.07) is 0. The number of carbonyl (C=O) groups is 1. The summed E-state index contributed by atoms with van der Waals surface area (Å²) in [7, 11) is 0.631. The summed E-state index contributed by atoms with van der Waals surface area (Å²) >= 11 is 0. The molecule has 0 radical (unpaired) electrons. The molecule has 3 rings (SSSR count). The van der Waals surface area contributed by atoms with E-state index < -0.39 is 0 Å². The molecule has 3 aliphatic carbocycles. The highest BCUT2D eigenvalue weighted by molar-refractivity contribution is 7.98. The smallest absolute Gasteiger partial charge is 0.311 e. The van der Waals surface area contributed by atoms with Crippen LogP contribution in [0.25, 0.3) is 0 Å². The highest BCUT2D eigenvalue weighted by Crippen LogP contribution is 2.41. The first kappa shape index (κ1) is 20.6. The first-order valence-corrected chi connectivity index (χ1v) is 12.8. The second-order valence-corrected chi connectivity index (χ2v) is 12.8. The molecule has 3 fully saturated rings. The Hall–Kier alpha value is -0.180. The molecule has 26 heavy (non-hydrogen) atoms. The van der Waals surface area contributed by atoms with Crippen molar-refractivity contribution in [1.29, 1.82) is 0 Å². The van der Waals surface area contributed by atoms with Gasteiger partial charge in [-0.15, -0.1) is 0 Å². The molecule has 0 saturated heterocycles. The highest BCUT2D eigenvalue weighted by Gasteiger charge is 2.46. The van der Waals surface area contributed by atoms with E-state index >= 15 is 0 Å². The van der Waals surface area contributed by atoms with Crippen molar-refractivity contribution >= 4 is 16.9 Å². The number of carbonyl (C=O) groups excluding carboxylic acids is 1. The number of hydrogen-bond donors (Lipinski definition) is 0. The third-order valence-electron chi connectivity index (χ3n) is 6.77. The Morgan fingerprint density at radius 1 is 0.692 bits per heavy atom. The summed E-state index contributed by atoms with van der Waals surface area (Å²) in [4.78, 5) is 12.2. The molecule has 150 valence electrons. The predicted molar refractivity (Wildman–Crippen MR) is 113 cm³/mol. The molecule has 0 aromatic rings. The summed E-state index contributed by atoms with van der Waals surface area (Å²) in [6.45, 7) is 5.89. The van der Waals surface area contributed by atoms with E-state index in [9.17, 15) is 4.79 Å². The molecule has 3 heteroatoms. The summed E-state index contributed by atoms with van der Waals surface area (Å²) in [5, 5.41) is 2.96. The van der Waals surface area contributed by atoms with Crippen molar-refractivity contribution in [3.05, 3.63) is 0 Å². The quantitative estimate of drug-likeness (QED) is 0.430. The Labute approximate surface area is 164 Å². The Balaban J connectivity index is 1.58. The van der Waals surface area contributed by atoms with Crippen LogP contribution in [0.3, 0.4) is 0 Å². The van der Waals surface area contributed by atoms with Gasteiger partial charge in [0.1, 0.15) is 21.9 Å². The number of hydrogen-bond acceptors (Lipinski definition) is 2. The summed E-state index contributed by atoms with van der Waals surface area (Å²) < 4.78 is 5.84. The van der Waals surface area contributed by atoms with E-state index in [0.717, 1.165) is 28.6 Å². The third kappa shape index (κ3) is 5.42. The van der Waals surface area contributed by atoms with Crippen LogP contribution in [-0.4, -0.2) is 27.8 Å². The van der Waals surface area contributed by atoms with Crippen LogP contribution >= 0.6 is 0 Å². The molecule has 0 aromatic carbocycles. The molecule has 2 nitrogen and oxygen atoms in total.